The third kappa shape index (κ3) is 11.4. The van der Waals surface area contributed by atoms with E-state index >= 15 is 0 Å². The van der Waals surface area contributed by atoms with Gasteiger partial charge in [0.2, 0.25) is 5.95 Å². The maximum Gasteiger partial charge on any atom is 0.327 e. The molecule has 0 bridgehead atoms. The number of allylic oxidation sites excluding steroid dienone is 1. The first kappa shape index (κ1) is 33.7. The summed E-state index contributed by atoms with van der Waals surface area (Å²) in [6.07, 6.45) is 4.18. The Hall–Kier alpha value is -3.15. The van der Waals surface area contributed by atoms with Crippen molar-refractivity contribution in [3.8, 4) is 11.3 Å². The van der Waals surface area contributed by atoms with E-state index in [1.807, 2.05) is 48.5 Å². The molecule has 44 heavy (non-hydrogen) atoms. The second-order valence-electron chi connectivity index (χ2n) is 10.6. The molecular weight excluding hydrogens is 603 g/mol. The zero-order valence-corrected chi connectivity index (χ0v) is 26.6. The van der Waals surface area contributed by atoms with Gasteiger partial charge in [-0.15, -0.1) is 0 Å². The Kier molecular flexibility index (Phi) is 12.9. The van der Waals surface area contributed by atoms with Gasteiger partial charge in [-0.05, 0) is 48.9 Å². The Morgan fingerprint density at radius 1 is 1.11 bits per heavy atom. The topological polar surface area (TPSA) is 129 Å². The summed E-state index contributed by atoms with van der Waals surface area (Å²) in [6.45, 7) is 11.5. The predicted octanol–water partition coefficient (Wildman–Crippen LogP) is 5.06. The molecule has 4 rings (SSSR count). The quantitative estimate of drug-likeness (QED) is 0.0790. The van der Waals surface area contributed by atoms with Crippen LogP contribution in [0.3, 0.4) is 0 Å². The molecule has 0 spiro atoms. The number of hydrogen-bond acceptors (Lipinski definition) is 10. The van der Waals surface area contributed by atoms with Crippen LogP contribution in [0, 0.1) is 0 Å². The van der Waals surface area contributed by atoms with E-state index in [4.69, 9.17) is 25.8 Å². The van der Waals surface area contributed by atoms with Crippen LogP contribution in [0.2, 0.25) is 5.02 Å². The SMILES string of the molecule is C=CC(=O)Cc1cccc(-c2nc(Nc3cccc(NCCCN4CCN(CCOCOP(C)(=O)O)CC4)c3)ncc2Cl)c1. The number of piperazine rings is 1. The zero-order valence-electron chi connectivity index (χ0n) is 25.0. The molecule has 1 unspecified atom stereocenters. The van der Waals surface area contributed by atoms with E-state index < -0.39 is 7.60 Å². The number of nitrogens with one attached hydrogen (secondary N) is 2. The molecule has 0 radical (unpaired) electrons. The van der Waals surface area contributed by atoms with Gasteiger partial charge in [0.15, 0.2) is 12.6 Å². The van der Waals surface area contributed by atoms with Gasteiger partial charge in [0.05, 0.1) is 23.5 Å². The highest BCUT2D eigenvalue weighted by Crippen LogP contribution is 2.36. The van der Waals surface area contributed by atoms with Gasteiger partial charge in [0, 0.05) is 69.3 Å². The number of aromatic nitrogens is 2. The van der Waals surface area contributed by atoms with E-state index in [-0.39, 0.29) is 19.0 Å². The molecule has 1 saturated heterocycles. The Bertz CT molecular complexity index is 1450. The highest BCUT2D eigenvalue weighted by Gasteiger charge is 2.16. The third-order valence-corrected chi connectivity index (χ3v) is 7.90. The second kappa shape index (κ2) is 16.8. The lowest BCUT2D eigenvalue weighted by Crippen LogP contribution is -2.47. The number of ether oxygens (including phenoxy) is 1. The van der Waals surface area contributed by atoms with Crippen molar-refractivity contribution in [2.75, 3.05) is 76.5 Å². The van der Waals surface area contributed by atoms with Crippen molar-refractivity contribution in [2.24, 2.45) is 0 Å². The van der Waals surface area contributed by atoms with Gasteiger partial charge in [0.25, 0.3) is 0 Å². The summed E-state index contributed by atoms with van der Waals surface area (Å²) < 4.78 is 21.1. The molecule has 1 atom stereocenters. The van der Waals surface area contributed by atoms with Crippen LogP contribution in [0.25, 0.3) is 11.3 Å². The lowest BCUT2D eigenvalue weighted by Gasteiger charge is -2.34. The Labute approximate surface area is 263 Å². The van der Waals surface area contributed by atoms with E-state index in [1.165, 1.54) is 6.08 Å². The first-order valence-electron chi connectivity index (χ1n) is 14.5. The van der Waals surface area contributed by atoms with Crippen LogP contribution < -0.4 is 10.6 Å². The van der Waals surface area contributed by atoms with Crippen LogP contribution in [-0.2, 0) is 25.0 Å². The van der Waals surface area contributed by atoms with Gasteiger partial charge >= 0.3 is 7.60 Å². The minimum atomic E-state index is -3.49. The zero-order chi connectivity index (χ0) is 31.4. The predicted molar refractivity (Wildman–Crippen MR) is 175 cm³/mol. The van der Waals surface area contributed by atoms with Gasteiger partial charge < -0.3 is 25.2 Å². The molecule has 2 heterocycles. The van der Waals surface area contributed by atoms with E-state index in [2.05, 4.69) is 37.0 Å². The number of nitrogens with zero attached hydrogens (tertiary/aromatic N) is 4. The van der Waals surface area contributed by atoms with Crippen molar-refractivity contribution in [2.45, 2.75) is 12.8 Å². The Balaban J connectivity index is 1.20. The molecule has 1 aliphatic rings. The molecular formula is C31H40ClN6O5P. The lowest BCUT2D eigenvalue weighted by molar-refractivity contribution is -0.114. The van der Waals surface area contributed by atoms with Crippen LogP contribution in [0.1, 0.15) is 12.0 Å². The Morgan fingerprint density at radius 2 is 1.84 bits per heavy atom. The first-order valence-corrected chi connectivity index (χ1v) is 16.9. The molecule has 11 nitrogen and oxygen atoms in total. The van der Waals surface area contributed by atoms with E-state index in [9.17, 15) is 9.36 Å². The smallest absolute Gasteiger partial charge is 0.327 e. The van der Waals surface area contributed by atoms with Gasteiger partial charge in [0.1, 0.15) is 0 Å². The van der Waals surface area contributed by atoms with Crippen LogP contribution in [0.4, 0.5) is 17.3 Å². The maximum atomic E-state index is 11.8. The van der Waals surface area contributed by atoms with Crippen molar-refractivity contribution >= 4 is 42.3 Å². The third-order valence-electron chi connectivity index (χ3n) is 7.04. The molecule has 2 aromatic carbocycles. The second-order valence-corrected chi connectivity index (χ2v) is 12.8. The largest absolute Gasteiger partial charge is 0.385 e. The van der Waals surface area contributed by atoms with E-state index in [1.54, 1.807) is 6.20 Å². The Morgan fingerprint density at radius 3 is 2.59 bits per heavy atom. The average molecular weight is 643 g/mol. The fourth-order valence-corrected chi connectivity index (χ4v) is 5.20. The van der Waals surface area contributed by atoms with Crippen molar-refractivity contribution < 1.29 is 23.5 Å². The van der Waals surface area contributed by atoms with E-state index in [0.717, 1.165) is 81.4 Å². The molecule has 0 saturated carbocycles. The molecule has 1 aromatic heterocycles. The lowest BCUT2D eigenvalue weighted by atomic mass is 10.0. The number of ketones is 1. The highest BCUT2D eigenvalue weighted by molar-refractivity contribution is 7.51. The number of carbonyl (C=O) groups excluding carboxylic acids is 1. The highest BCUT2D eigenvalue weighted by atomic mass is 35.5. The molecule has 3 aromatic rings. The van der Waals surface area contributed by atoms with Crippen molar-refractivity contribution in [1.29, 1.82) is 0 Å². The van der Waals surface area contributed by atoms with Gasteiger partial charge in [-0.25, -0.2) is 9.97 Å². The number of anilines is 3. The summed E-state index contributed by atoms with van der Waals surface area (Å²) in [7, 11) is -3.49. The molecule has 1 aliphatic heterocycles. The number of rotatable bonds is 17. The van der Waals surface area contributed by atoms with Crippen molar-refractivity contribution in [3.05, 3.63) is 78.0 Å². The summed E-state index contributed by atoms with van der Waals surface area (Å²) in [5.74, 6) is 0.373. The molecule has 0 aliphatic carbocycles. The minimum absolute atomic E-state index is 0.0485. The number of benzene rings is 2. The normalized spacial score (nSPS) is 15.4. The van der Waals surface area contributed by atoms with Crippen molar-refractivity contribution in [3.63, 3.8) is 0 Å². The molecule has 1 fully saturated rings. The van der Waals surface area contributed by atoms with Crippen LogP contribution in [0.5, 0.6) is 0 Å². The number of carbonyl (C=O) groups is 1. The van der Waals surface area contributed by atoms with Gasteiger partial charge in [-0.3, -0.25) is 18.8 Å². The minimum Gasteiger partial charge on any atom is -0.385 e. The summed E-state index contributed by atoms with van der Waals surface area (Å²) >= 11 is 6.45. The van der Waals surface area contributed by atoms with Crippen molar-refractivity contribution in [1.82, 2.24) is 19.8 Å². The number of halogens is 1. The average Bonchev–Trinajstić information content (AvgIpc) is 3.00. The molecule has 3 N–H and O–H groups in total. The fraction of sp³-hybridized carbons (Fsp3) is 0.387. The summed E-state index contributed by atoms with van der Waals surface area (Å²) in [5, 5.41) is 7.20. The summed E-state index contributed by atoms with van der Waals surface area (Å²) in [6, 6.07) is 15.6. The standard InChI is InChI=1S/C31H40ClN6O5P/c1-3-28(39)20-24-7-4-8-25(19-24)30-29(32)22-34-31(36-30)35-27-10-5-9-26(21-27)33-11-6-12-37-13-15-38(16-14-37)17-18-42-23-43-44(2,40)41/h3-5,7-10,19,21-22,33H,1,6,11-18,20,23H2,2H3,(H,40,41)(H,34,35,36). The van der Waals surface area contributed by atoms with Crippen LogP contribution in [0.15, 0.2) is 67.4 Å². The van der Waals surface area contributed by atoms with E-state index in [0.29, 0.717) is 23.3 Å². The molecule has 13 heteroatoms. The molecule has 236 valence electrons. The summed E-state index contributed by atoms with van der Waals surface area (Å²) in [5.41, 5.74) is 4.10. The maximum absolute atomic E-state index is 11.8. The van der Waals surface area contributed by atoms with Gasteiger partial charge in [-0.2, -0.15) is 0 Å². The molecule has 0 amide bonds. The number of hydrogen-bond donors (Lipinski definition) is 3. The fourth-order valence-electron chi connectivity index (χ4n) is 4.73. The van der Waals surface area contributed by atoms with Crippen LogP contribution >= 0.6 is 19.2 Å². The summed E-state index contributed by atoms with van der Waals surface area (Å²) in [4.78, 5) is 34.7. The van der Waals surface area contributed by atoms with Gasteiger partial charge in [-0.1, -0.05) is 42.4 Å². The van der Waals surface area contributed by atoms with Crippen LogP contribution in [-0.4, -0.2) is 96.3 Å². The first-order chi connectivity index (χ1) is 21.2. The monoisotopic (exact) mass is 642 g/mol.